The normalized spacial score (nSPS) is 15.1. The Bertz CT molecular complexity index is 1100. The molecule has 0 saturated carbocycles. The van der Waals surface area contributed by atoms with Crippen molar-refractivity contribution >= 4 is 44.1 Å². The highest BCUT2D eigenvalue weighted by Crippen LogP contribution is 2.23. The van der Waals surface area contributed by atoms with Crippen LogP contribution in [0, 0.1) is 6.92 Å². The second-order valence-electron chi connectivity index (χ2n) is 7.68. The molecular formula is C22H25BrN4O2S. The fourth-order valence-electron chi connectivity index (χ4n) is 3.87. The molecule has 2 aromatic heterocycles. The fraction of sp³-hybridized carbons (Fsp3) is 0.409. The van der Waals surface area contributed by atoms with Gasteiger partial charge >= 0.3 is 0 Å². The minimum absolute atomic E-state index is 0.0371. The first-order chi connectivity index (χ1) is 14.5. The number of fused-ring (bicyclic) bond motifs is 1. The van der Waals surface area contributed by atoms with Gasteiger partial charge in [0.2, 0.25) is 5.91 Å². The van der Waals surface area contributed by atoms with E-state index < -0.39 is 0 Å². The third kappa shape index (κ3) is 4.82. The van der Waals surface area contributed by atoms with Gasteiger partial charge in [-0.3, -0.25) is 19.1 Å². The summed E-state index contributed by atoms with van der Waals surface area (Å²) in [4.78, 5) is 35.4. The number of aromatic nitrogens is 2. The number of aryl methyl sites for hydroxylation is 2. The number of amides is 1. The first-order valence-electron chi connectivity index (χ1n) is 10.2. The van der Waals surface area contributed by atoms with Crippen molar-refractivity contribution in [3.63, 3.8) is 0 Å². The molecule has 8 heteroatoms. The molecule has 1 aliphatic rings. The maximum Gasteiger partial charge on any atom is 0.261 e. The first kappa shape index (κ1) is 21.2. The van der Waals surface area contributed by atoms with E-state index in [-0.39, 0.29) is 11.5 Å². The summed E-state index contributed by atoms with van der Waals surface area (Å²) in [7, 11) is 0. The van der Waals surface area contributed by atoms with E-state index in [1.165, 1.54) is 4.88 Å². The van der Waals surface area contributed by atoms with Crippen molar-refractivity contribution in [2.75, 3.05) is 26.2 Å². The zero-order chi connectivity index (χ0) is 21.1. The Morgan fingerprint density at radius 1 is 1.17 bits per heavy atom. The molecule has 3 aromatic rings. The maximum atomic E-state index is 12.7. The number of rotatable bonds is 6. The number of hydrogen-bond acceptors (Lipinski definition) is 5. The number of thiophene rings is 1. The van der Waals surface area contributed by atoms with Crippen LogP contribution in [-0.2, 0) is 17.9 Å². The van der Waals surface area contributed by atoms with Crippen LogP contribution in [0.2, 0.25) is 0 Å². The van der Waals surface area contributed by atoms with E-state index in [0.29, 0.717) is 24.8 Å². The van der Waals surface area contributed by atoms with Crippen LogP contribution >= 0.6 is 27.3 Å². The molecule has 6 nitrogen and oxygen atoms in total. The molecule has 0 radical (unpaired) electrons. The molecule has 30 heavy (non-hydrogen) atoms. The summed E-state index contributed by atoms with van der Waals surface area (Å²) in [6.45, 7) is 6.73. The van der Waals surface area contributed by atoms with Gasteiger partial charge in [0.15, 0.2) is 0 Å². The van der Waals surface area contributed by atoms with Crippen LogP contribution in [0.3, 0.4) is 0 Å². The lowest BCUT2D eigenvalue weighted by Gasteiger charge is -2.34. The molecule has 4 rings (SSSR count). The van der Waals surface area contributed by atoms with Crippen LogP contribution in [0.25, 0.3) is 10.9 Å². The molecule has 158 valence electrons. The third-order valence-electron chi connectivity index (χ3n) is 5.58. The molecule has 3 heterocycles. The van der Waals surface area contributed by atoms with Crippen LogP contribution < -0.4 is 5.56 Å². The van der Waals surface area contributed by atoms with Crippen molar-refractivity contribution in [3.8, 4) is 0 Å². The smallest absolute Gasteiger partial charge is 0.261 e. The summed E-state index contributed by atoms with van der Waals surface area (Å²) in [6, 6.07) is 9.88. The van der Waals surface area contributed by atoms with Gasteiger partial charge in [-0.25, -0.2) is 4.98 Å². The molecule has 0 aliphatic carbocycles. The summed E-state index contributed by atoms with van der Waals surface area (Å²) in [6.07, 6.45) is 2.70. The zero-order valence-corrected chi connectivity index (χ0v) is 19.4. The Kier molecular flexibility index (Phi) is 6.65. The van der Waals surface area contributed by atoms with Gasteiger partial charge in [0.05, 0.1) is 21.0 Å². The highest BCUT2D eigenvalue weighted by Gasteiger charge is 2.21. The van der Waals surface area contributed by atoms with Crippen molar-refractivity contribution in [1.82, 2.24) is 19.4 Å². The Balaban J connectivity index is 1.26. The zero-order valence-electron chi connectivity index (χ0n) is 17.0. The standard InChI is InChI=1S/C22H25BrN4O2S/c1-16-4-2-5-18-21(16)24-15-27(22(18)29)9-3-6-20(28)26-12-10-25(11-13-26)14-17-7-8-19(23)30-17/h2,4-5,7-8,15H,3,6,9-14H2,1H3. The van der Waals surface area contributed by atoms with Crippen molar-refractivity contribution in [2.45, 2.75) is 32.9 Å². The third-order valence-corrected chi connectivity index (χ3v) is 7.19. The molecule has 0 bridgehead atoms. The molecule has 0 unspecified atom stereocenters. The Morgan fingerprint density at radius 2 is 1.97 bits per heavy atom. The minimum atomic E-state index is -0.0371. The van der Waals surface area contributed by atoms with Crippen molar-refractivity contribution in [1.29, 1.82) is 0 Å². The summed E-state index contributed by atoms with van der Waals surface area (Å²) in [5.41, 5.74) is 1.71. The van der Waals surface area contributed by atoms with Gasteiger partial charge in [-0.15, -0.1) is 11.3 Å². The van der Waals surface area contributed by atoms with Crippen LogP contribution in [0.15, 0.2) is 45.2 Å². The van der Waals surface area contributed by atoms with Crippen LogP contribution in [-0.4, -0.2) is 51.4 Å². The van der Waals surface area contributed by atoms with Crippen LogP contribution in [0.4, 0.5) is 0 Å². The van der Waals surface area contributed by atoms with Gasteiger partial charge in [-0.05, 0) is 53.0 Å². The second-order valence-corrected chi connectivity index (χ2v) is 10.2. The van der Waals surface area contributed by atoms with E-state index >= 15 is 0 Å². The predicted octanol–water partition coefficient (Wildman–Crippen LogP) is 3.65. The van der Waals surface area contributed by atoms with E-state index in [1.807, 2.05) is 30.0 Å². The predicted molar refractivity (Wildman–Crippen MR) is 124 cm³/mol. The van der Waals surface area contributed by atoms with Gasteiger partial charge < -0.3 is 4.90 Å². The summed E-state index contributed by atoms with van der Waals surface area (Å²) >= 11 is 5.27. The lowest BCUT2D eigenvalue weighted by atomic mass is 10.1. The Hall–Kier alpha value is -2.03. The Labute approximate surface area is 188 Å². The number of nitrogens with zero attached hydrogens (tertiary/aromatic N) is 4. The van der Waals surface area contributed by atoms with Crippen molar-refractivity contribution in [3.05, 3.63) is 61.2 Å². The van der Waals surface area contributed by atoms with E-state index in [9.17, 15) is 9.59 Å². The second kappa shape index (κ2) is 9.41. The van der Waals surface area contributed by atoms with Crippen LogP contribution in [0.5, 0.6) is 0 Å². The number of para-hydroxylation sites is 1. The number of halogens is 1. The average molecular weight is 489 g/mol. The summed E-state index contributed by atoms with van der Waals surface area (Å²) < 4.78 is 2.77. The Morgan fingerprint density at radius 3 is 2.70 bits per heavy atom. The lowest BCUT2D eigenvalue weighted by Crippen LogP contribution is -2.48. The van der Waals surface area contributed by atoms with E-state index in [1.54, 1.807) is 22.2 Å². The van der Waals surface area contributed by atoms with Crippen molar-refractivity contribution < 1.29 is 4.79 Å². The maximum absolute atomic E-state index is 12.7. The summed E-state index contributed by atoms with van der Waals surface area (Å²) in [5.74, 6) is 0.172. The summed E-state index contributed by atoms with van der Waals surface area (Å²) in [5, 5.41) is 0.637. The molecule has 1 saturated heterocycles. The number of benzene rings is 1. The number of hydrogen-bond donors (Lipinski definition) is 0. The van der Waals surface area contributed by atoms with E-state index in [2.05, 4.69) is 37.9 Å². The number of piperazine rings is 1. The van der Waals surface area contributed by atoms with Gasteiger partial charge in [0.25, 0.3) is 5.56 Å². The first-order valence-corrected chi connectivity index (χ1v) is 11.8. The fourth-order valence-corrected chi connectivity index (χ4v) is 5.39. The highest BCUT2D eigenvalue weighted by atomic mass is 79.9. The minimum Gasteiger partial charge on any atom is -0.340 e. The SMILES string of the molecule is Cc1cccc2c(=O)n(CCCC(=O)N3CCN(Cc4ccc(Br)s4)CC3)cnc12. The molecule has 1 amide bonds. The van der Waals surface area contributed by atoms with Gasteiger partial charge in [0.1, 0.15) is 0 Å². The van der Waals surface area contributed by atoms with Crippen molar-refractivity contribution in [2.24, 2.45) is 0 Å². The molecule has 0 spiro atoms. The molecule has 1 fully saturated rings. The molecular weight excluding hydrogens is 464 g/mol. The highest BCUT2D eigenvalue weighted by molar-refractivity contribution is 9.11. The topological polar surface area (TPSA) is 58.4 Å². The van der Waals surface area contributed by atoms with Gasteiger partial charge in [-0.2, -0.15) is 0 Å². The van der Waals surface area contributed by atoms with Crippen LogP contribution in [0.1, 0.15) is 23.3 Å². The molecule has 1 aliphatic heterocycles. The van der Waals surface area contributed by atoms with Gasteiger partial charge in [-0.1, -0.05) is 12.1 Å². The monoisotopic (exact) mass is 488 g/mol. The molecule has 1 aromatic carbocycles. The number of carbonyl (C=O) groups excluding carboxylic acids is 1. The average Bonchev–Trinajstić information content (AvgIpc) is 3.15. The molecule has 0 N–H and O–H groups in total. The van der Waals surface area contributed by atoms with Gasteiger partial charge in [0, 0.05) is 50.6 Å². The van der Waals surface area contributed by atoms with E-state index in [0.717, 1.165) is 47.6 Å². The van der Waals surface area contributed by atoms with E-state index in [4.69, 9.17) is 0 Å². The number of carbonyl (C=O) groups is 1. The largest absolute Gasteiger partial charge is 0.340 e. The lowest BCUT2D eigenvalue weighted by molar-refractivity contribution is -0.133. The molecule has 0 atom stereocenters. The quantitative estimate of drug-likeness (QED) is 0.531.